The van der Waals surface area contributed by atoms with Crippen LogP contribution in [-0.2, 0) is 5.54 Å². The number of hydrogen-bond acceptors (Lipinski definition) is 2. The quantitative estimate of drug-likeness (QED) is 0.879. The molecule has 2 nitrogen and oxygen atoms in total. The lowest BCUT2D eigenvalue weighted by Crippen LogP contribution is -2.57. The Balaban J connectivity index is 1.73. The van der Waals surface area contributed by atoms with E-state index in [0.29, 0.717) is 0 Å². The zero-order chi connectivity index (χ0) is 12.6. The van der Waals surface area contributed by atoms with Crippen molar-refractivity contribution in [1.82, 2.24) is 10.2 Å². The zero-order valence-electron chi connectivity index (χ0n) is 11.5. The molecule has 18 heavy (non-hydrogen) atoms. The maximum atomic E-state index is 3.72. The molecule has 2 aliphatic rings. The molecular formula is C16H24N2. The molecule has 1 aliphatic carbocycles. The number of nitrogens with zero attached hydrogens (tertiary/aromatic N) is 1. The Hall–Kier alpha value is -0.860. The first-order valence-corrected chi connectivity index (χ1v) is 7.27. The minimum absolute atomic E-state index is 0.125. The van der Waals surface area contributed by atoms with E-state index in [1.165, 1.54) is 24.9 Å². The number of nitrogens with one attached hydrogen (secondary N) is 1. The first-order valence-electron chi connectivity index (χ1n) is 7.27. The average Bonchev–Trinajstić information content (AvgIpc) is 3.19. The van der Waals surface area contributed by atoms with Gasteiger partial charge in [-0.1, -0.05) is 43.7 Å². The van der Waals surface area contributed by atoms with Crippen LogP contribution in [0.15, 0.2) is 30.3 Å². The van der Waals surface area contributed by atoms with Gasteiger partial charge in [-0.2, -0.15) is 0 Å². The van der Waals surface area contributed by atoms with Crippen molar-refractivity contribution < 1.29 is 0 Å². The highest BCUT2D eigenvalue weighted by Gasteiger charge is 2.44. The van der Waals surface area contributed by atoms with Gasteiger partial charge in [0.25, 0.3) is 0 Å². The fourth-order valence-corrected chi connectivity index (χ4v) is 3.42. The van der Waals surface area contributed by atoms with Gasteiger partial charge in [-0.3, -0.25) is 4.90 Å². The molecule has 3 unspecified atom stereocenters. The summed E-state index contributed by atoms with van der Waals surface area (Å²) in [5.41, 5.74) is 1.55. The van der Waals surface area contributed by atoms with Crippen molar-refractivity contribution in [3.63, 3.8) is 0 Å². The van der Waals surface area contributed by atoms with Crippen molar-refractivity contribution in [3.05, 3.63) is 35.9 Å². The predicted octanol–water partition coefficient (Wildman–Crippen LogP) is 2.61. The maximum Gasteiger partial charge on any atom is 0.0535 e. The Bertz CT molecular complexity index is 403. The predicted molar refractivity (Wildman–Crippen MR) is 75.6 cm³/mol. The molecule has 3 atom stereocenters. The molecule has 0 spiro atoms. The molecule has 0 aromatic heterocycles. The van der Waals surface area contributed by atoms with E-state index >= 15 is 0 Å². The van der Waals surface area contributed by atoms with E-state index in [4.69, 9.17) is 0 Å². The van der Waals surface area contributed by atoms with E-state index in [1.54, 1.807) is 0 Å². The van der Waals surface area contributed by atoms with Crippen molar-refractivity contribution in [1.29, 1.82) is 0 Å². The van der Waals surface area contributed by atoms with Gasteiger partial charge >= 0.3 is 0 Å². The van der Waals surface area contributed by atoms with Crippen LogP contribution in [0.25, 0.3) is 0 Å². The minimum atomic E-state index is 0.125. The highest BCUT2D eigenvalue weighted by atomic mass is 15.3. The van der Waals surface area contributed by atoms with Gasteiger partial charge in [0.2, 0.25) is 0 Å². The Morgan fingerprint density at radius 2 is 2.11 bits per heavy atom. The second-order valence-corrected chi connectivity index (χ2v) is 6.07. The lowest BCUT2D eigenvalue weighted by Gasteiger charge is -2.42. The van der Waals surface area contributed by atoms with Gasteiger partial charge in [-0.05, 0) is 24.8 Å². The van der Waals surface area contributed by atoms with E-state index in [2.05, 4.69) is 54.4 Å². The summed E-state index contributed by atoms with van der Waals surface area (Å²) >= 11 is 0. The molecule has 1 N–H and O–H groups in total. The van der Waals surface area contributed by atoms with Gasteiger partial charge in [-0.25, -0.2) is 0 Å². The van der Waals surface area contributed by atoms with Crippen LogP contribution in [0, 0.1) is 5.92 Å². The summed E-state index contributed by atoms with van der Waals surface area (Å²) < 4.78 is 0. The van der Waals surface area contributed by atoms with Crippen LogP contribution in [0.2, 0.25) is 0 Å². The van der Waals surface area contributed by atoms with E-state index in [1.807, 2.05) is 0 Å². The Morgan fingerprint density at radius 3 is 2.78 bits per heavy atom. The zero-order valence-corrected chi connectivity index (χ0v) is 11.5. The molecule has 0 amide bonds. The van der Waals surface area contributed by atoms with Crippen molar-refractivity contribution in [2.24, 2.45) is 5.92 Å². The Labute approximate surface area is 110 Å². The topological polar surface area (TPSA) is 15.3 Å². The van der Waals surface area contributed by atoms with Crippen LogP contribution < -0.4 is 5.32 Å². The molecule has 0 bridgehead atoms. The molecule has 1 saturated heterocycles. The van der Waals surface area contributed by atoms with Crippen LogP contribution in [0.1, 0.15) is 32.3 Å². The lowest BCUT2D eigenvalue weighted by molar-refractivity contribution is 0.130. The molecule has 2 fully saturated rings. The minimum Gasteiger partial charge on any atom is -0.305 e. The standard InChI is InChI=1S/C16H24N2/c1-3-13-11-15(13)18-10-9-17-16(2,12-18)14-7-5-4-6-8-14/h4-8,13,15,17H,3,9-12H2,1-2H3. The van der Waals surface area contributed by atoms with Crippen LogP contribution >= 0.6 is 0 Å². The second kappa shape index (κ2) is 4.67. The molecule has 1 saturated carbocycles. The molecule has 2 heteroatoms. The van der Waals surface area contributed by atoms with Crippen LogP contribution in [0.5, 0.6) is 0 Å². The highest BCUT2D eigenvalue weighted by molar-refractivity contribution is 5.25. The summed E-state index contributed by atoms with van der Waals surface area (Å²) in [6, 6.07) is 11.8. The van der Waals surface area contributed by atoms with E-state index in [0.717, 1.165) is 25.0 Å². The van der Waals surface area contributed by atoms with Gasteiger partial charge < -0.3 is 5.32 Å². The smallest absolute Gasteiger partial charge is 0.0535 e. The third-order valence-electron chi connectivity index (χ3n) is 4.72. The largest absolute Gasteiger partial charge is 0.305 e. The second-order valence-electron chi connectivity index (χ2n) is 6.07. The highest BCUT2D eigenvalue weighted by Crippen LogP contribution is 2.40. The van der Waals surface area contributed by atoms with E-state index in [9.17, 15) is 0 Å². The number of rotatable bonds is 3. The van der Waals surface area contributed by atoms with Gasteiger partial charge in [-0.15, -0.1) is 0 Å². The van der Waals surface area contributed by atoms with E-state index in [-0.39, 0.29) is 5.54 Å². The first-order chi connectivity index (χ1) is 8.73. The van der Waals surface area contributed by atoms with Gasteiger partial charge in [0, 0.05) is 25.7 Å². The molecular weight excluding hydrogens is 220 g/mol. The summed E-state index contributed by atoms with van der Waals surface area (Å²) in [5.74, 6) is 0.961. The molecule has 3 rings (SSSR count). The van der Waals surface area contributed by atoms with Gasteiger partial charge in [0.15, 0.2) is 0 Å². The summed E-state index contributed by atoms with van der Waals surface area (Å²) in [7, 11) is 0. The fourth-order valence-electron chi connectivity index (χ4n) is 3.42. The third kappa shape index (κ3) is 2.19. The van der Waals surface area contributed by atoms with E-state index < -0.39 is 0 Å². The number of hydrogen-bond donors (Lipinski definition) is 1. The first kappa shape index (κ1) is 12.2. The molecule has 1 aliphatic heterocycles. The fraction of sp³-hybridized carbons (Fsp3) is 0.625. The normalized spacial score (nSPS) is 36.6. The Morgan fingerprint density at radius 1 is 1.33 bits per heavy atom. The van der Waals surface area contributed by atoms with Crippen molar-refractivity contribution >= 4 is 0 Å². The van der Waals surface area contributed by atoms with Crippen molar-refractivity contribution in [3.8, 4) is 0 Å². The SMILES string of the molecule is CCC1CC1N1CCNC(C)(c2ccccc2)C1. The molecule has 1 aromatic carbocycles. The third-order valence-corrected chi connectivity index (χ3v) is 4.72. The monoisotopic (exact) mass is 244 g/mol. The lowest BCUT2D eigenvalue weighted by atomic mass is 9.89. The summed E-state index contributed by atoms with van der Waals surface area (Å²) in [4.78, 5) is 2.71. The summed E-state index contributed by atoms with van der Waals surface area (Å²) in [6.45, 7) is 8.14. The average molecular weight is 244 g/mol. The summed E-state index contributed by atoms with van der Waals surface area (Å²) in [5, 5.41) is 3.72. The molecule has 98 valence electrons. The molecule has 1 heterocycles. The maximum absolute atomic E-state index is 3.72. The van der Waals surface area contributed by atoms with Gasteiger partial charge in [0.05, 0.1) is 5.54 Å². The molecule has 1 aromatic rings. The summed E-state index contributed by atoms with van der Waals surface area (Å²) in [6.07, 6.45) is 2.76. The number of benzene rings is 1. The Kier molecular flexibility index (Phi) is 3.16. The van der Waals surface area contributed by atoms with Crippen molar-refractivity contribution in [2.45, 2.75) is 38.3 Å². The number of piperazine rings is 1. The van der Waals surface area contributed by atoms with Crippen LogP contribution in [-0.4, -0.2) is 30.6 Å². The molecule has 0 radical (unpaired) electrons. The van der Waals surface area contributed by atoms with Gasteiger partial charge in [0.1, 0.15) is 0 Å². The van der Waals surface area contributed by atoms with Crippen LogP contribution in [0.4, 0.5) is 0 Å². The van der Waals surface area contributed by atoms with Crippen molar-refractivity contribution in [2.75, 3.05) is 19.6 Å². The van der Waals surface area contributed by atoms with Crippen LogP contribution in [0.3, 0.4) is 0 Å².